The zero-order valence-electron chi connectivity index (χ0n) is 47.9. The molecule has 0 heterocycles. The van der Waals surface area contributed by atoms with E-state index in [2.05, 4.69) is 81.5 Å². The molecule has 72 heavy (non-hydrogen) atoms. The van der Waals surface area contributed by atoms with Crippen molar-refractivity contribution < 1.29 is 28.6 Å². The smallest absolute Gasteiger partial charge is 0.306 e. The van der Waals surface area contributed by atoms with Crippen LogP contribution in [0.4, 0.5) is 0 Å². The fourth-order valence-electron chi connectivity index (χ4n) is 9.08. The highest BCUT2D eigenvalue weighted by atomic mass is 16.6. The van der Waals surface area contributed by atoms with Crippen molar-refractivity contribution in [2.45, 2.75) is 329 Å². The molecule has 0 aromatic carbocycles. The molecule has 6 nitrogen and oxygen atoms in total. The van der Waals surface area contributed by atoms with Crippen LogP contribution >= 0.6 is 0 Å². The van der Waals surface area contributed by atoms with Crippen LogP contribution in [-0.2, 0) is 28.6 Å². The molecule has 0 spiro atoms. The van der Waals surface area contributed by atoms with Crippen molar-refractivity contribution in [2.75, 3.05) is 13.2 Å². The number of carbonyl (C=O) groups excluding carboxylic acids is 3. The van der Waals surface area contributed by atoms with E-state index < -0.39 is 6.10 Å². The third-order valence-corrected chi connectivity index (χ3v) is 13.8. The second kappa shape index (κ2) is 60.7. The maximum absolute atomic E-state index is 12.8. The zero-order valence-corrected chi connectivity index (χ0v) is 47.9. The van der Waals surface area contributed by atoms with Gasteiger partial charge in [-0.25, -0.2) is 0 Å². The van der Waals surface area contributed by atoms with Crippen LogP contribution < -0.4 is 0 Å². The molecule has 6 heteroatoms. The van der Waals surface area contributed by atoms with Gasteiger partial charge in [0, 0.05) is 19.3 Å². The molecule has 0 aromatic rings. The normalized spacial score (nSPS) is 12.4. The van der Waals surface area contributed by atoms with E-state index in [-0.39, 0.29) is 31.1 Å². The van der Waals surface area contributed by atoms with Gasteiger partial charge in [0.25, 0.3) is 0 Å². The van der Waals surface area contributed by atoms with Crippen LogP contribution in [0.2, 0.25) is 0 Å². The first kappa shape index (κ1) is 69.1. The van der Waals surface area contributed by atoms with Gasteiger partial charge in [-0.05, 0) is 83.5 Å². The van der Waals surface area contributed by atoms with E-state index >= 15 is 0 Å². The molecule has 0 rings (SSSR count). The maximum atomic E-state index is 12.8. The van der Waals surface area contributed by atoms with Gasteiger partial charge in [0.15, 0.2) is 6.10 Å². The summed E-state index contributed by atoms with van der Waals surface area (Å²) in [5.74, 6) is -0.875. The number of ether oxygens (including phenoxy) is 3. The fraction of sp³-hybridized carbons (Fsp3) is 0.803. The number of hydrogen-bond donors (Lipinski definition) is 0. The molecular weight excluding hydrogens is 889 g/mol. The Bertz CT molecular complexity index is 1290. The van der Waals surface area contributed by atoms with E-state index in [1.54, 1.807) is 0 Å². The van der Waals surface area contributed by atoms with Gasteiger partial charge >= 0.3 is 17.9 Å². The largest absolute Gasteiger partial charge is 0.462 e. The second-order valence-corrected chi connectivity index (χ2v) is 20.9. The molecule has 0 aromatic heterocycles. The molecule has 0 radical (unpaired) electrons. The lowest BCUT2D eigenvalue weighted by Gasteiger charge is -2.18. The van der Waals surface area contributed by atoms with Gasteiger partial charge in [0.05, 0.1) is 0 Å². The molecule has 0 saturated heterocycles. The van der Waals surface area contributed by atoms with Crippen molar-refractivity contribution in [3.05, 3.63) is 60.8 Å². The summed E-state index contributed by atoms with van der Waals surface area (Å²) in [4.78, 5) is 37.9. The molecule has 0 fully saturated rings. The van der Waals surface area contributed by atoms with Gasteiger partial charge < -0.3 is 14.2 Å². The third kappa shape index (κ3) is 58.0. The number of esters is 3. The highest BCUT2D eigenvalue weighted by molar-refractivity contribution is 5.71. The van der Waals surface area contributed by atoms with Gasteiger partial charge in [-0.15, -0.1) is 0 Å². The Morgan fingerprint density at radius 1 is 0.292 bits per heavy atom. The number of hydrogen-bond acceptors (Lipinski definition) is 6. The van der Waals surface area contributed by atoms with Crippen LogP contribution in [0, 0.1) is 0 Å². The lowest BCUT2D eigenvalue weighted by atomic mass is 10.0. The SMILES string of the molecule is CC/C=C\C/C=C\C/C=C\C/C=C\CCCCCCCCCCCCCCCCCCCCCCCCC(=O)OCC(COC(=O)CCCCCCCCC)OC(=O)CCCCCCC/C=C\CCCCC. The van der Waals surface area contributed by atoms with E-state index in [0.717, 1.165) is 89.9 Å². The van der Waals surface area contributed by atoms with E-state index in [4.69, 9.17) is 14.2 Å². The summed E-state index contributed by atoms with van der Waals surface area (Å²) >= 11 is 0. The van der Waals surface area contributed by atoms with Crippen LogP contribution in [-0.4, -0.2) is 37.2 Å². The first-order valence-electron chi connectivity index (χ1n) is 31.3. The Morgan fingerprint density at radius 2 is 0.542 bits per heavy atom. The highest BCUT2D eigenvalue weighted by Crippen LogP contribution is 2.17. The summed E-state index contributed by atoms with van der Waals surface area (Å²) in [7, 11) is 0. The molecule has 1 atom stereocenters. The summed E-state index contributed by atoms with van der Waals surface area (Å²) in [5, 5.41) is 0. The molecular formula is C66H118O6. The summed E-state index contributed by atoms with van der Waals surface area (Å²) < 4.78 is 16.8. The summed E-state index contributed by atoms with van der Waals surface area (Å²) in [6, 6.07) is 0. The topological polar surface area (TPSA) is 78.9 Å². The van der Waals surface area contributed by atoms with Crippen LogP contribution in [0.1, 0.15) is 323 Å². The van der Waals surface area contributed by atoms with Gasteiger partial charge in [0.2, 0.25) is 0 Å². The molecule has 0 aliphatic heterocycles. The average molecular weight is 1010 g/mol. The van der Waals surface area contributed by atoms with E-state index in [1.165, 1.54) is 193 Å². The first-order valence-corrected chi connectivity index (χ1v) is 31.3. The monoisotopic (exact) mass is 1010 g/mol. The Morgan fingerprint density at radius 3 is 0.889 bits per heavy atom. The fourth-order valence-corrected chi connectivity index (χ4v) is 9.08. The Labute approximate surface area is 447 Å². The quantitative estimate of drug-likeness (QED) is 0.0261. The number of rotatable bonds is 57. The van der Waals surface area contributed by atoms with Crippen LogP contribution in [0.5, 0.6) is 0 Å². The minimum atomic E-state index is -0.771. The number of allylic oxidation sites excluding steroid dienone is 10. The highest BCUT2D eigenvalue weighted by Gasteiger charge is 2.19. The molecule has 0 bridgehead atoms. The van der Waals surface area contributed by atoms with E-state index in [9.17, 15) is 14.4 Å². The Balaban J connectivity index is 3.89. The predicted molar refractivity (Wildman–Crippen MR) is 312 cm³/mol. The Hall–Kier alpha value is -2.89. The van der Waals surface area contributed by atoms with Crippen LogP contribution in [0.25, 0.3) is 0 Å². The van der Waals surface area contributed by atoms with Gasteiger partial charge in [-0.3, -0.25) is 14.4 Å². The first-order chi connectivity index (χ1) is 35.5. The number of unbranched alkanes of at least 4 members (excludes halogenated alkanes) is 36. The lowest BCUT2D eigenvalue weighted by Crippen LogP contribution is -2.30. The molecule has 418 valence electrons. The van der Waals surface area contributed by atoms with Crippen molar-refractivity contribution in [2.24, 2.45) is 0 Å². The maximum Gasteiger partial charge on any atom is 0.306 e. The molecule has 1 unspecified atom stereocenters. The van der Waals surface area contributed by atoms with Gasteiger partial charge in [-0.2, -0.15) is 0 Å². The standard InChI is InChI=1S/C66H118O6/c1-4-7-10-13-16-18-20-22-23-24-25-26-27-28-29-30-31-32-33-34-35-36-37-38-39-40-41-42-43-44-46-47-50-53-56-59-65(68)71-62-63(61-70-64(67)58-55-52-49-15-12-9-6-3)72-66(69)60-57-54-51-48-45-21-19-17-14-11-8-5-2/h7,10,16-19,22-23,25-26,63H,4-6,8-9,11-15,20-21,24,27-62H2,1-3H3/b10-7-,18-16-,19-17-,23-22-,26-25-. The van der Waals surface area contributed by atoms with Crippen LogP contribution in [0.3, 0.4) is 0 Å². The van der Waals surface area contributed by atoms with E-state index in [0.29, 0.717) is 19.3 Å². The van der Waals surface area contributed by atoms with Gasteiger partial charge in [0.1, 0.15) is 13.2 Å². The van der Waals surface area contributed by atoms with Crippen molar-refractivity contribution in [3.63, 3.8) is 0 Å². The lowest BCUT2D eigenvalue weighted by molar-refractivity contribution is -0.167. The summed E-state index contributed by atoms with van der Waals surface area (Å²) in [6.07, 6.45) is 77.1. The zero-order chi connectivity index (χ0) is 52.2. The third-order valence-electron chi connectivity index (χ3n) is 13.8. The van der Waals surface area contributed by atoms with Crippen LogP contribution in [0.15, 0.2) is 60.8 Å². The minimum absolute atomic E-state index is 0.0723. The van der Waals surface area contributed by atoms with Crippen molar-refractivity contribution in [3.8, 4) is 0 Å². The van der Waals surface area contributed by atoms with Crippen molar-refractivity contribution in [1.82, 2.24) is 0 Å². The molecule has 0 aliphatic rings. The van der Waals surface area contributed by atoms with Crippen molar-refractivity contribution in [1.29, 1.82) is 0 Å². The molecule has 0 N–H and O–H groups in total. The summed E-state index contributed by atoms with van der Waals surface area (Å²) in [6.45, 7) is 6.48. The van der Waals surface area contributed by atoms with E-state index in [1.807, 2.05) is 0 Å². The van der Waals surface area contributed by atoms with Gasteiger partial charge in [-0.1, -0.05) is 281 Å². The molecule has 0 amide bonds. The average Bonchev–Trinajstić information content (AvgIpc) is 3.38. The predicted octanol–water partition coefficient (Wildman–Crippen LogP) is 21.2. The summed E-state index contributed by atoms with van der Waals surface area (Å²) in [5.41, 5.74) is 0. The second-order valence-electron chi connectivity index (χ2n) is 20.9. The minimum Gasteiger partial charge on any atom is -0.462 e. The molecule has 0 aliphatic carbocycles. The number of carbonyl (C=O) groups is 3. The molecule has 0 saturated carbocycles. The van der Waals surface area contributed by atoms with Crippen molar-refractivity contribution >= 4 is 17.9 Å². The Kier molecular flexibility index (Phi) is 58.2.